The van der Waals surface area contributed by atoms with Gasteiger partial charge in [-0.25, -0.2) is 9.67 Å². The molecule has 4 rings (SSSR count). The first-order valence-corrected chi connectivity index (χ1v) is 7.80. The molecule has 7 heteroatoms. The van der Waals surface area contributed by atoms with Crippen molar-refractivity contribution in [1.82, 2.24) is 20.1 Å². The van der Waals surface area contributed by atoms with Gasteiger partial charge >= 0.3 is 0 Å². The number of fused-ring (bicyclic) bond motifs is 1. The van der Waals surface area contributed by atoms with Crippen molar-refractivity contribution in [1.29, 1.82) is 0 Å². The molecule has 0 radical (unpaired) electrons. The zero-order chi connectivity index (χ0) is 17.4. The van der Waals surface area contributed by atoms with Crippen LogP contribution in [0.4, 0.5) is 5.69 Å². The van der Waals surface area contributed by atoms with E-state index in [-0.39, 0.29) is 11.8 Å². The minimum absolute atomic E-state index is 0.206. The lowest BCUT2D eigenvalue weighted by atomic mass is 10.00. The van der Waals surface area contributed by atoms with Gasteiger partial charge in [-0.2, -0.15) is 5.10 Å². The standard InChI is InChI=1S/C18H15N5O2/c1-23-16(20-10-21-23)12-7-8-14(15-13(12)9-19-18(15)25)22-17(24)11-5-3-2-4-6-11/h2-8,10H,9H2,1H3,(H,19,25)(H,22,24). The van der Waals surface area contributed by atoms with E-state index < -0.39 is 0 Å². The van der Waals surface area contributed by atoms with Crippen molar-refractivity contribution in [2.75, 3.05) is 5.32 Å². The van der Waals surface area contributed by atoms with Gasteiger partial charge in [0.2, 0.25) is 0 Å². The van der Waals surface area contributed by atoms with E-state index in [4.69, 9.17) is 0 Å². The summed E-state index contributed by atoms with van der Waals surface area (Å²) in [6.45, 7) is 0.394. The zero-order valence-corrected chi connectivity index (χ0v) is 13.5. The van der Waals surface area contributed by atoms with Crippen molar-refractivity contribution in [3.05, 3.63) is 65.5 Å². The number of hydrogen-bond acceptors (Lipinski definition) is 4. The van der Waals surface area contributed by atoms with Gasteiger partial charge in [0.05, 0.1) is 11.3 Å². The molecule has 0 aliphatic carbocycles. The maximum atomic E-state index is 12.4. The second kappa shape index (κ2) is 5.86. The first-order chi connectivity index (χ1) is 12.1. The highest BCUT2D eigenvalue weighted by molar-refractivity contribution is 6.11. The van der Waals surface area contributed by atoms with Crippen LogP contribution in [-0.4, -0.2) is 26.6 Å². The number of carbonyl (C=O) groups excluding carboxylic acids is 2. The van der Waals surface area contributed by atoms with Gasteiger partial charge < -0.3 is 10.6 Å². The number of rotatable bonds is 3. The Hall–Kier alpha value is -3.48. The number of nitrogens with one attached hydrogen (secondary N) is 2. The van der Waals surface area contributed by atoms with Gasteiger partial charge in [-0.15, -0.1) is 0 Å². The van der Waals surface area contributed by atoms with Crippen molar-refractivity contribution in [2.45, 2.75) is 6.54 Å². The van der Waals surface area contributed by atoms with E-state index in [1.165, 1.54) is 6.33 Å². The Morgan fingerprint density at radius 2 is 2.00 bits per heavy atom. The van der Waals surface area contributed by atoms with Gasteiger partial charge in [0.25, 0.3) is 11.8 Å². The molecule has 2 heterocycles. The molecule has 7 nitrogen and oxygen atoms in total. The fourth-order valence-corrected chi connectivity index (χ4v) is 2.99. The van der Waals surface area contributed by atoms with Crippen LogP contribution in [0.25, 0.3) is 11.4 Å². The maximum Gasteiger partial charge on any atom is 0.255 e. The SMILES string of the molecule is Cn1ncnc1-c1ccc(NC(=O)c2ccccc2)c2c1CNC2=O. The lowest BCUT2D eigenvalue weighted by molar-refractivity contribution is 0.0966. The minimum Gasteiger partial charge on any atom is -0.348 e. The Kier molecular flexibility index (Phi) is 3.53. The van der Waals surface area contributed by atoms with E-state index in [0.717, 1.165) is 11.1 Å². The molecule has 3 aromatic rings. The Labute approximate surface area is 143 Å². The first-order valence-electron chi connectivity index (χ1n) is 7.80. The van der Waals surface area contributed by atoms with Crippen molar-refractivity contribution < 1.29 is 9.59 Å². The smallest absolute Gasteiger partial charge is 0.255 e. The minimum atomic E-state index is -0.256. The number of benzene rings is 2. The molecule has 0 unspecified atom stereocenters. The summed E-state index contributed by atoms with van der Waals surface area (Å²) >= 11 is 0. The molecular weight excluding hydrogens is 318 g/mol. The van der Waals surface area contributed by atoms with Crippen molar-refractivity contribution >= 4 is 17.5 Å². The third kappa shape index (κ3) is 2.55. The highest BCUT2D eigenvalue weighted by atomic mass is 16.2. The normalized spacial score (nSPS) is 12.6. The molecule has 2 aromatic carbocycles. The molecule has 2 amide bonds. The molecule has 2 N–H and O–H groups in total. The predicted molar refractivity (Wildman–Crippen MR) is 92.0 cm³/mol. The Morgan fingerprint density at radius 3 is 2.72 bits per heavy atom. The van der Waals surface area contributed by atoms with Crippen LogP contribution >= 0.6 is 0 Å². The van der Waals surface area contributed by atoms with Crippen molar-refractivity contribution in [3.63, 3.8) is 0 Å². The molecule has 1 aliphatic rings. The van der Waals surface area contributed by atoms with Crippen LogP contribution in [0.15, 0.2) is 48.8 Å². The van der Waals surface area contributed by atoms with Gasteiger partial charge in [-0.3, -0.25) is 9.59 Å². The summed E-state index contributed by atoms with van der Waals surface area (Å²) in [6, 6.07) is 12.5. The van der Waals surface area contributed by atoms with Crippen LogP contribution in [-0.2, 0) is 13.6 Å². The average Bonchev–Trinajstić information content (AvgIpc) is 3.23. The molecular formula is C18H15N5O2. The molecule has 1 aliphatic heterocycles. The molecule has 0 spiro atoms. The predicted octanol–water partition coefficient (Wildman–Crippen LogP) is 1.98. The van der Waals surface area contributed by atoms with E-state index in [1.807, 2.05) is 12.1 Å². The monoisotopic (exact) mass is 333 g/mol. The van der Waals surface area contributed by atoms with Gasteiger partial charge in [-0.1, -0.05) is 18.2 Å². The lowest BCUT2D eigenvalue weighted by Gasteiger charge is -2.12. The molecule has 0 fully saturated rings. The second-order valence-electron chi connectivity index (χ2n) is 5.72. The van der Waals surface area contributed by atoms with Crippen LogP contribution < -0.4 is 10.6 Å². The quantitative estimate of drug-likeness (QED) is 0.767. The molecule has 0 bridgehead atoms. The number of carbonyl (C=O) groups is 2. The van der Waals surface area contributed by atoms with Gasteiger partial charge in [0.15, 0.2) is 5.82 Å². The molecule has 124 valence electrons. The summed E-state index contributed by atoms with van der Waals surface area (Å²) in [5.41, 5.74) is 3.14. The largest absolute Gasteiger partial charge is 0.348 e. The van der Waals surface area contributed by atoms with Gasteiger partial charge in [0.1, 0.15) is 6.33 Å². The van der Waals surface area contributed by atoms with Crippen LogP contribution in [0.2, 0.25) is 0 Å². The van der Waals surface area contributed by atoms with Crippen LogP contribution in [0, 0.1) is 0 Å². The Balaban J connectivity index is 1.76. The van der Waals surface area contributed by atoms with E-state index in [2.05, 4.69) is 20.7 Å². The Morgan fingerprint density at radius 1 is 1.20 bits per heavy atom. The zero-order valence-electron chi connectivity index (χ0n) is 13.5. The fourth-order valence-electron chi connectivity index (χ4n) is 2.99. The summed E-state index contributed by atoms with van der Waals surface area (Å²) in [7, 11) is 1.80. The van der Waals surface area contributed by atoms with Gasteiger partial charge in [0, 0.05) is 24.7 Å². The summed E-state index contributed by atoms with van der Waals surface area (Å²) in [6.07, 6.45) is 1.47. The molecule has 0 saturated carbocycles. The first kappa shape index (κ1) is 15.1. The maximum absolute atomic E-state index is 12.4. The number of hydrogen-bond donors (Lipinski definition) is 2. The summed E-state index contributed by atoms with van der Waals surface area (Å²) < 4.78 is 1.65. The number of nitrogens with zero attached hydrogens (tertiary/aromatic N) is 3. The summed E-state index contributed by atoms with van der Waals surface area (Å²) in [5.74, 6) is 0.213. The second-order valence-corrected chi connectivity index (χ2v) is 5.72. The number of aromatic nitrogens is 3. The van der Waals surface area contributed by atoms with Crippen LogP contribution in [0.5, 0.6) is 0 Å². The van der Waals surface area contributed by atoms with Crippen molar-refractivity contribution in [3.8, 4) is 11.4 Å². The third-order valence-electron chi connectivity index (χ3n) is 4.20. The van der Waals surface area contributed by atoms with E-state index >= 15 is 0 Å². The Bertz CT molecular complexity index is 978. The average molecular weight is 333 g/mol. The summed E-state index contributed by atoms with van der Waals surface area (Å²) in [4.78, 5) is 29.0. The topological polar surface area (TPSA) is 88.9 Å². The van der Waals surface area contributed by atoms with E-state index in [0.29, 0.717) is 29.2 Å². The number of amides is 2. The van der Waals surface area contributed by atoms with E-state index in [1.54, 1.807) is 42.1 Å². The third-order valence-corrected chi connectivity index (χ3v) is 4.20. The van der Waals surface area contributed by atoms with Crippen LogP contribution in [0.1, 0.15) is 26.3 Å². The lowest BCUT2D eigenvalue weighted by Crippen LogP contribution is -2.17. The fraction of sp³-hybridized carbons (Fsp3) is 0.111. The molecule has 25 heavy (non-hydrogen) atoms. The number of aryl methyl sites for hydroxylation is 1. The molecule has 0 saturated heterocycles. The molecule has 0 atom stereocenters. The molecule has 1 aromatic heterocycles. The van der Waals surface area contributed by atoms with E-state index in [9.17, 15) is 9.59 Å². The van der Waals surface area contributed by atoms with Crippen molar-refractivity contribution in [2.24, 2.45) is 7.05 Å². The van der Waals surface area contributed by atoms with Gasteiger partial charge in [-0.05, 0) is 29.8 Å². The summed E-state index contributed by atoms with van der Waals surface area (Å²) in [5, 5.41) is 9.72. The van der Waals surface area contributed by atoms with Crippen LogP contribution in [0.3, 0.4) is 0 Å². The highest BCUT2D eigenvalue weighted by Crippen LogP contribution is 2.33. The number of anilines is 1. The highest BCUT2D eigenvalue weighted by Gasteiger charge is 2.28.